The van der Waals surface area contributed by atoms with Gasteiger partial charge >= 0.3 is 0 Å². The molecule has 0 fully saturated rings. The van der Waals surface area contributed by atoms with Crippen molar-refractivity contribution in [2.75, 3.05) is 6.61 Å². The molecule has 1 nitrogen and oxygen atoms in total. The van der Waals surface area contributed by atoms with Gasteiger partial charge in [0.15, 0.2) is 0 Å². The van der Waals surface area contributed by atoms with E-state index in [0.29, 0.717) is 12.0 Å². The third kappa shape index (κ3) is 3.07. The molecule has 0 bridgehead atoms. The molecule has 0 aliphatic carbocycles. The molecule has 1 unspecified atom stereocenters. The van der Waals surface area contributed by atoms with Gasteiger partial charge in [-0.2, -0.15) is 0 Å². The average molecular weight is 200 g/mol. The van der Waals surface area contributed by atoms with E-state index in [2.05, 4.69) is 0 Å². The Labute approximate surface area is 82.4 Å². The highest BCUT2D eigenvalue weighted by Gasteiger charge is 2.07. The number of aliphatic hydroxyl groups excluding tert-OH is 1. The first-order valence-electron chi connectivity index (χ1n) is 4.71. The summed E-state index contributed by atoms with van der Waals surface area (Å²) in [5.41, 5.74) is 0.600. The maximum atomic E-state index is 12.8. The minimum atomic E-state index is -0.562. The van der Waals surface area contributed by atoms with Gasteiger partial charge in [-0.15, -0.1) is 0 Å². The van der Waals surface area contributed by atoms with Crippen molar-refractivity contribution in [1.29, 1.82) is 0 Å². The van der Waals surface area contributed by atoms with Crippen LogP contribution >= 0.6 is 0 Å². The smallest absolute Gasteiger partial charge is 0.126 e. The van der Waals surface area contributed by atoms with Crippen molar-refractivity contribution in [3.8, 4) is 0 Å². The van der Waals surface area contributed by atoms with E-state index in [1.165, 1.54) is 12.1 Å². The molecule has 0 heterocycles. The third-order valence-electron chi connectivity index (χ3n) is 2.28. The van der Waals surface area contributed by atoms with Gasteiger partial charge in [-0.3, -0.25) is 0 Å². The molecule has 0 aromatic heterocycles. The molecule has 0 saturated heterocycles. The van der Waals surface area contributed by atoms with Gasteiger partial charge < -0.3 is 5.11 Å². The summed E-state index contributed by atoms with van der Waals surface area (Å²) in [6.45, 7) is 1.99. The average Bonchev–Trinajstić information content (AvgIpc) is 2.12. The van der Waals surface area contributed by atoms with Gasteiger partial charge in [-0.25, -0.2) is 8.78 Å². The Hall–Kier alpha value is -0.960. The molecule has 0 spiro atoms. The Morgan fingerprint density at radius 1 is 1.21 bits per heavy atom. The van der Waals surface area contributed by atoms with E-state index >= 15 is 0 Å². The maximum absolute atomic E-state index is 12.8. The zero-order chi connectivity index (χ0) is 10.6. The van der Waals surface area contributed by atoms with Crippen LogP contribution in [0.2, 0.25) is 0 Å². The van der Waals surface area contributed by atoms with Crippen LogP contribution in [-0.2, 0) is 6.42 Å². The van der Waals surface area contributed by atoms with Gasteiger partial charge in [0.2, 0.25) is 0 Å². The third-order valence-corrected chi connectivity index (χ3v) is 2.28. The monoisotopic (exact) mass is 200 g/mol. The molecule has 1 N–H and O–H groups in total. The quantitative estimate of drug-likeness (QED) is 0.791. The van der Waals surface area contributed by atoms with Crippen molar-refractivity contribution >= 4 is 0 Å². The molecule has 78 valence electrons. The van der Waals surface area contributed by atoms with Crippen LogP contribution < -0.4 is 0 Å². The number of benzene rings is 1. The van der Waals surface area contributed by atoms with Gasteiger partial charge in [0.1, 0.15) is 11.6 Å². The normalized spacial score (nSPS) is 12.9. The number of rotatable bonds is 4. The van der Waals surface area contributed by atoms with Crippen LogP contribution in [0.1, 0.15) is 18.9 Å². The number of aliphatic hydroxyl groups is 1. The Balaban J connectivity index is 2.75. The lowest BCUT2D eigenvalue weighted by molar-refractivity contribution is 0.222. The SMILES string of the molecule is CCC(CO)Cc1cc(F)cc(F)c1. The molecule has 1 aromatic rings. The van der Waals surface area contributed by atoms with Gasteiger partial charge in [0.05, 0.1) is 0 Å². The molecule has 1 atom stereocenters. The molecule has 0 aliphatic heterocycles. The van der Waals surface area contributed by atoms with Crippen LogP contribution in [0.15, 0.2) is 18.2 Å². The van der Waals surface area contributed by atoms with Crippen molar-refractivity contribution < 1.29 is 13.9 Å². The predicted molar refractivity (Wildman–Crippen MR) is 50.9 cm³/mol. The van der Waals surface area contributed by atoms with E-state index < -0.39 is 11.6 Å². The fourth-order valence-corrected chi connectivity index (χ4v) is 1.40. The lowest BCUT2D eigenvalue weighted by Gasteiger charge is -2.11. The van der Waals surface area contributed by atoms with Crippen molar-refractivity contribution in [3.63, 3.8) is 0 Å². The second-order valence-electron chi connectivity index (χ2n) is 3.44. The van der Waals surface area contributed by atoms with Crippen LogP contribution in [0.25, 0.3) is 0 Å². The minimum absolute atomic E-state index is 0.0502. The topological polar surface area (TPSA) is 20.2 Å². The van der Waals surface area contributed by atoms with Gasteiger partial charge in [-0.1, -0.05) is 13.3 Å². The first-order chi connectivity index (χ1) is 6.65. The van der Waals surface area contributed by atoms with Crippen LogP contribution in [0.3, 0.4) is 0 Å². The first-order valence-corrected chi connectivity index (χ1v) is 4.71. The summed E-state index contributed by atoms with van der Waals surface area (Å²) in [5.74, 6) is -1.04. The lowest BCUT2D eigenvalue weighted by atomic mass is 9.98. The summed E-state index contributed by atoms with van der Waals surface area (Å²) in [6, 6.07) is 3.46. The lowest BCUT2D eigenvalue weighted by Crippen LogP contribution is -2.08. The van der Waals surface area contributed by atoms with E-state index in [1.54, 1.807) is 0 Å². The molecule has 0 amide bonds. The molecule has 1 rings (SSSR count). The molecule has 14 heavy (non-hydrogen) atoms. The zero-order valence-corrected chi connectivity index (χ0v) is 8.13. The fraction of sp³-hybridized carbons (Fsp3) is 0.455. The van der Waals surface area contributed by atoms with Crippen LogP contribution in [-0.4, -0.2) is 11.7 Å². The summed E-state index contributed by atoms with van der Waals surface area (Å²) in [5, 5.41) is 8.94. The zero-order valence-electron chi connectivity index (χ0n) is 8.13. The standard InChI is InChI=1S/C11H14F2O/c1-2-8(7-14)3-9-4-10(12)6-11(13)5-9/h4-6,8,14H,2-3,7H2,1H3. The summed E-state index contributed by atoms with van der Waals surface area (Å²) in [7, 11) is 0. The Kier molecular flexibility index (Phi) is 4.01. The van der Waals surface area contributed by atoms with E-state index in [4.69, 9.17) is 5.11 Å². The van der Waals surface area contributed by atoms with Crippen LogP contribution in [0.4, 0.5) is 8.78 Å². The highest BCUT2D eigenvalue weighted by molar-refractivity contribution is 5.18. The minimum Gasteiger partial charge on any atom is -0.396 e. The van der Waals surface area contributed by atoms with Crippen molar-refractivity contribution in [3.05, 3.63) is 35.4 Å². The summed E-state index contributed by atoms with van der Waals surface area (Å²) in [4.78, 5) is 0. The van der Waals surface area contributed by atoms with E-state index in [0.717, 1.165) is 12.5 Å². The summed E-state index contributed by atoms with van der Waals surface area (Å²) >= 11 is 0. The van der Waals surface area contributed by atoms with Gasteiger partial charge in [0.25, 0.3) is 0 Å². The van der Waals surface area contributed by atoms with Crippen molar-refractivity contribution in [2.24, 2.45) is 5.92 Å². The maximum Gasteiger partial charge on any atom is 0.126 e. The highest BCUT2D eigenvalue weighted by atomic mass is 19.1. The van der Waals surface area contributed by atoms with Crippen molar-refractivity contribution in [2.45, 2.75) is 19.8 Å². The molecule has 0 saturated carbocycles. The summed E-state index contributed by atoms with van der Waals surface area (Å²) < 4.78 is 25.6. The molecule has 3 heteroatoms. The Morgan fingerprint density at radius 3 is 2.21 bits per heavy atom. The molecule has 1 aromatic carbocycles. The first kappa shape index (κ1) is 11.1. The van der Waals surface area contributed by atoms with Crippen LogP contribution in [0.5, 0.6) is 0 Å². The number of hydrogen-bond donors (Lipinski definition) is 1. The van der Waals surface area contributed by atoms with E-state index in [-0.39, 0.29) is 12.5 Å². The number of hydrogen-bond acceptors (Lipinski definition) is 1. The molecule has 0 radical (unpaired) electrons. The van der Waals surface area contributed by atoms with E-state index in [1.807, 2.05) is 6.92 Å². The van der Waals surface area contributed by atoms with E-state index in [9.17, 15) is 8.78 Å². The molecule has 0 aliphatic rings. The molecular formula is C11H14F2O. The second kappa shape index (κ2) is 5.05. The predicted octanol–water partition coefficient (Wildman–Crippen LogP) is 2.53. The van der Waals surface area contributed by atoms with Gasteiger partial charge in [0, 0.05) is 12.7 Å². The van der Waals surface area contributed by atoms with Gasteiger partial charge in [-0.05, 0) is 30.0 Å². The fourth-order valence-electron chi connectivity index (χ4n) is 1.40. The van der Waals surface area contributed by atoms with Crippen LogP contribution in [0, 0.1) is 17.6 Å². The molecular weight excluding hydrogens is 186 g/mol. The summed E-state index contributed by atoms with van der Waals surface area (Å²) in [6.07, 6.45) is 1.32. The Morgan fingerprint density at radius 2 is 1.79 bits per heavy atom. The second-order valence-corrected chi connectivity index (χ2v) is 3.44. The highest BCUT2D eigenvalue weighted by Crippen LogP contribution is 2.14. The number of halogens is 2. The Bertz CT molecular complexity index is 275. The largest absolute Gasteiger partial charge is 0.396 e. The van der Waals surface area contributed by atoms with Crippen molar-refractivity contribution in [1.82, 2.24) is 0 Å².